The van der Waals surface area contributed by atoms with Crippen molar-refractivity contribution < 1.29 is 0 Å². The van der Waals surface area contributed by atoms with Crippen LogP contribution >= 0.6 is 0 Å². The summed E-state index contributed by atoms with van der Waals surface area (Å²) in [5, 5.41) is 9.00. The predicted octanol–water partition coefficient (Wildman–Crippen LogP) is 3.02. The minimum atomic E-state index is 0.844. The molecule has 78 valence electrons. The van der Waals surface area contributed by atoms with Gasteiger partial charge in [-0.05, 0) is 71.6 Å². The summed E-state index contributed by atoms with van der Waals surface area (Å²) in [6.07, 6.45) is 2.93. The molecule has 0 N–H and O–H groups in total. The Balaban J connectivity index is 1.73. The van der Waals surface area contributed by atoms with Gasteiger partial charge in [-0.25, -0.2) is 0 Å². The van der Waals surface area contributed by atoms with Crippen molar-refractivity contribution in [2.24, 2.45) is 23.7 Å². The van der Waals surface area contributed by atoms with E-state index in [1.165, 1.54) is 12.8 Å². The first-order valence-corrected chi connectivity index (χ1v) is 6.44. The standard InChI is InChI=1S/C15H13N/c16-6-7-1-2-10-11(5-7)12-8-3-4-9(8)13-14(10)15(12)13/h1-2,5,8-9,12-15H,3-4H2/t8-,9-,12+,13+,14+,15-/m0/s1. The molecule has 0 unspecified atom stereocenters. The number of benzene rings is 1. The van der Waals surface area contributed by atoms with E-state index in [1.54, 1.807) is 11.1 Å². The molecular formula is C15H13N. The zero-order valence-electron chi connectivity index (χ0n) is 9.06. The lowest BCUT2D eigenvalue weighted by Gasteiger charge is -2.36. The maximum atomic E-state index is 9.00. The molecule has 5 rings (SSSR count). The number of hydrogen-bond acceptors (Lipinski definition) is 1. The number of nitrogens with zero attached hydrogens (tertiary/aromatic N) is 1. The van der Waals surface area contributed by atoms with Gasteiger partial charge in [0.2, 0.25) is 0 Å². The van der Waals surface area contributed by atoms with Crippen LogP contribution in [-0.2, 0) is 0 Å². The Hall–Kier alpha value is -1.29. The Morgan fingerprint density at radius 3 is 2.62 bits per heavy atom. The molecule has 1 aromatic carbocycles. The minimum absolute atomic E-state index is 0.844. The van der Waals surface area contributed by atoms with Gasteiger partial charge in [-0.15, -0.1) is 0 Å². The van der Waals surface area contributed by atoms with Crippen LogP contribution < -0.4 is 0 Å². The third-order valence-electron chi connectivity index (χ3n) is 5.82. The first kappa shape index (κ1) is 7.90. The van der Waals surface area contributed by atoms with Gasteiger partial charge >= 0.3 is 0 Å². The highest BCUT2D eigenvalue weighted by molar-refractivity contribution is 5.54. The summed E-state index contributed by atoms with van der Waals surface area (Å²) in [6.45, 7) is 0. The second-order valence-corrected chi connectivity index (χ2v) is 6.07. The lowest BCUT2D eigenvalue weighted by molar-refractivity contribution is 0.166. The molecule has 0 radical (unpaired) electrons. The Labute approximate surface area is 95.1 Å². The molecule has 0 heterocycles. The zero-order chi connectivity index (χ0) is 10.4. The average molecular weight is 207 g/mol. The lowest BCUT2D eigenvalue weighted by Crippen LogP contribution is -2.26. The monoisotopic (exact) mass is 207 g/mol. The van der Waals surface area contributed by atoms with Gasteiger partial charge in [-0.1, -0.05) is 6.07 Å². The Morgan fingerprint density at radius 1 is 1.00 bits per heavy atom. The van der Waals surface area contributed by atoms with Gasteiger partial charge < -0.3 is 0 Å². The molecule has 0 saturated heterocycles. The zero-order valence-corrected chi connectivity index (χ0v) is 9.06. The molecule has 0 bridgehead atoms. The van der Waals surface area contributed by atoms with Crippen molar-refractivity contribution in [3.05, 3.63) is 34.9 Å². The highest BCUT2D eigenvalue weighted by Gasteiger charge is 2.73. The molecule has 16 heavy (non-hydrogen) atoms. The second-order valence-electron chi connectivity index (χ2n) is 6.07. The van der Waals surface area contributed by atoms with E-state index in [2.05, 4.69) is 18.2 Å². The topological polar surface area (TPSA) is 23.8 Å². The van der Waals surface area contributed by atoms with Gasteiger partial charge in [-0.3, -0.25) is 0 Å². The quantitative estimate of drug-likeness (QED) is 0.641. The average Bonchev–Trinajstić information content (AvgIpc) is 2.81. The molecule has 6 atom stereocenters. The van der Waals surface area contributed by atoms with Crippen LogP contribution in [0.1, 0.15) is 41.4 Å². The molecule has 0 amide bonds. The number of fused-ring (bicyclic) bond motifs is 7. The van der Waals surface area contributed by atoms with Gasteiger partial charge in [-0.2, -0.15) is 5.26 Å². The summed E-state index contributed by atoms with van der Waals surface area (Å²) in [5.41, 5.74) is 4.02. The maximum absolute atomic E-state index is 9.00. The third kappa shape index (κ3) is 0.627. The van der Waals surface area contributed by atoms with Crippen LogP contribution in [0.25, 0.3) is 0 Å². The molecule has 0 aromatic heterocycles. The van der Waals surface area contributed by atoms with Crippen LogP contribution in [0.15, 0.2) is 18.2 Å². The molecular weight excluding hydrogens is 194 g/mol. The smallest absolute Gasteiger partial charge is 0.0991 e. The first-order valence-electron chi connectivity index (χ1n) is 6.44. The van der Waals surface area contributed by atoms with Crippen molar-refractivity contribution in [3.63, 3.8) is 0 Å². The molecule has 3 fully saturated rings. The van der Waals surface area contributed by atoms with Crippen LogP contribution in [0.3, 0.4) is 0 Å². The summed E-state index contributed by atoms with van der Waals surface area (Å²) >= 11 is 0. The van der Waals surface area contributed by atoms with Crippen LogP contribution in [0, 0.1) is 35.0 Å². The van der Waals surface area contributed by atoms with Crippen LogP contribution in [0.4, 0.5) is 0 Å². The largest absolute Gasteiger partial charge is 0.192 e. The normalized spacial score (nSPS) is 48.7. The first-order chi connectivity index (χ1) is 7.90. The molecule has 0 aliphatic heterocycles. The van der Waals surface area contributed by atoms with E-state index in [9.17, 15) is 0 Å². The summed E-state index contributed by atoms with van der Waals surface area (Å²) in [7, 11) is 0. The number of rotatable bonds is 0. The second kappa shape index (κ2) is 2.20. The minimum Gasteiger partial charge on any atom is -0.192 e. The third-order valence-corrected chi connectivity index (χ3v) is 5.82. The van der Waals surface area contributed by atoms with Gasteiger partial charge in [0.25, 0.3) is 0 Å². The van der Waals surface area contributed by atoms with Gasteiger partial charge in [0.1, 0.15) is 0 Å². The van der Waals surface area contributed by atoms with Gasteiger partial charge in [0.05, 0.1) is 11.6 Å². The van der Waals surface area contributed by atoms with Crippen molar-refractivity contribution in [1.29, 1.82) is 5.26 Å². The van der Waals surface area contributed by atoms with E-state index in [1.807, 2.05) is 6.07 Å². The van der Waals surface area contributed by atoms with E-state index in [0.717, 1.165) is 41.1 Å². The van der Waals surface area contributed by atoms with Crippen molar-refractivity contribution in [2.75, 3.05) is 0 Å². The fraction of sp³-hybridized carbons (Fsp3) is 0.533. The van der Waals surface area contributed by atoms with Crippen molar-refractivity contribution in [1.82, 2.24) is 0 Å². The summed E-state index contributed by atoms with van der Waals surface area (Å²) < 4.78 is 0. The van der Waals surface area contributed by atoms with Crippen molar-refractivity contribution in [3.8, 4) is 6.07 Å². The highest BCUT2D eigenvalue weighted by atomic mass is 14.8. The van der Waals surface area contributed by atoms with Crippen LogP contribution in [0.5, 0.6) is 0 Å². The molecule has 4 aliphatic carbocycles. The SMILES string of the molecule is N#Cc1ccc2c(c1)[C@H]1[C@H]3CC[C@@H]3[C@@H]3[C@@H]2[C@@H]13. The van der Waals surface area contributed by atoms with Gasteiger partial charge in [0, 0.05) is 0 Å². The Kier molecular flexibility index (Phi) is 1.09. The van der Waals surface area contributed by atoms with E-state index in [-0.39, 0.29) is 0 Å². The molecule has 1 aromatic rings. The summed E-state index contributed by atoms with van der Waals surface area (Å²) in [4.78, 5) is 0. The fourth-order valence-electron chi connectivity index (χ4n) is 5.22. The lowest BCUT2D eigenvalue weighted by atomic mass is 9.69. The molecule has 3 saturated carbocycles. The fourth-order valence-corrected chi connectivity index (χ4v) is 5.22. The van der Waals surface area contributed by atoms with Crippen LogP contribution in [-0.4, -0.2) is 0 Å². The molecule has 1 heteroatoms. The van der Waals surface area contributed by atoms with Crippen molar-refractivity contribution in [2.45, 2.75) is 24.7 Å². The Bertz CT molecular complexity index is 553. The Morgan fingerprint density at radius 2 is 1.88 bits per heavy atom. The highest BCUT2D eigenvalue weighted by Crippen LogP contribution is 2.81. The summed E-state index contributed by atoms with van der Waals surface area (Å²) in [5.74, 6) is 5.82. The predicted molar refractivity (Wildman–Crippen MR) is 59.8 cm³/mol. The molecule has 0 spiro atoms. The van der Waals surface area contributed by atoms with E-state index in [4.69, 9.17) is 5.26 Å². The molecule has 1 nitrogen and oxygen atoms in total. The van der Waals surface area contributed by atoms with E-state index < -0.39 is 0 Å². The van der Waals surface area contributed by atoms with Crippen LogP contribution in [0.2, 0.25) is 0 Å². The van der Waals surface area contributed by atoms with E-state index >= 15 is 0 Å². The maximum Gasteiger partial charge on any atom is 0.0991 e. The van der Waals surface area contributed by atoms with Crippen molar-refractivity contribution >= 4 is 0 Å². The van der Waals surface area contributed by atoms with Gasteiger partial charge in [0.15, 0.2) is 0 Å². The number of nitriles is 1. The van der Waals surface area contributed by atoms with E-state index in [0.29, 0.717) is 0 Å². The number of hydrogen-bond donors (Lipinski definition) is 0. The summed E-state index contributed by atoms with van der Waals surface area (Å²) in [6, 6.07) is 8.73. The molecule has 4 aliphatic rings.